The van der Waals surface area contributed by atoms with Gasteiger partial charge in [-0.2, -0.15) is 0 Å². The summed E-state index contributed by atoms with van der Waals surface area (Å²) in [6.45, 7) is 2.30. The van der Waals surface area contributed by atoms with Gasteiger partial charge in [0.1, 0.15) is 5.52 Å². The summed E-state index contributed by atoms with van der Waals surface area (Å²) in [6.07, 6.45) is -0.928. The minimum absolute atomic E-state index is 0.453. The summed E-state index contributed by atoms with van der Waals surface area (Å²) < 4.78 is 10.6. The maximum atomic E-state index is 9.91. The van der Waals surface area contributed by atoms with E-state index in [0.717, 1.165) is 16.5 Å². The quantitative estimate of drug-likeness (QED) is 0.736. The van der Waals surface area contributed by atoms with Crippen molar-refractivity contribution in [2.45, 2.75) is 13.2 Å². The van der Waals surface area contributed by atoms with Crippen LogP contribution in [0.25, 0.3) is 22.2 Å². The second-order valence-electron chi connectivity index (χ2n) is 4.46. The summed E-state index contributed by atoms with van der Waals surface area (Å²) in [5.74, 6) is 0.700. The summed E-state index contributed by atoms with van der Waals surface area (Å²) in [5, 5.41) is 14.8. The Hall–Kier alpha value is -2.17. The van der Waals surface area contributed by atoms with Crippen LogP contribution in [0, 0.1) is 0 Å². The fourth-order valence-corrected chi connectivity index (χ4v) is 2.16. The number of aliphatic hydroxyl groups excluding tert-OH is 1. The zero-order valence-corrected chi connectivity index (χ0v) is 11.1. The molecule has 0 fully saturated rings. The number of aromatic nitrogens is 1. The number of aliphatic hydroxyl groups is 1. The Kier molecular flexibility index (Phi) is 3.50. The van der Waals surface area contributed by atoms with E-state index in [2.05, 4.69) is 5.16 Å². The molecule has 0 spiro atoms. The Morgan fingerprint density at radius 3 is 2.75 bits per heavy atom. The highest BCUT2D eigenvalue weighted by atomic mass is 16.6. The molecular weight excluding hydrogens is 254 g/mol. The predicted molar refractivity (Wildman–Crippen MR) is 76.0 cm³/mol. The monoisotopic (exact) mass is 269 g/mol. The van der Waals surface area contributed by atoms with Gasteiger partial charge in [-0.3, -0.25) is 0 Å². The van der Waals surface area contributed by atoms with E-state index in [1.54, 1.807) is 6.07 Å². The molecule has 0 amide bonds. The molecule has 0 aliphatic rings. The number of fused-ring (bicyclic) bond motifs is 1. The maximum Gasteiger partial charge on any atom is 0.181 e. The van der Waals surface area contributed by atoms with Crippen LogP contribution in [0.15, 0.2) is 53.1 Å². The number of hydrogen-bond acceptors (Lipinski definition) is 4. The molecule has 4 heteroatoms. The van der Waals surface area contributed by atoms with Gasteiger partial charge in [-0.15, -0.1) is 0 Å². The van der Waals surface area contributed by atoms with Crippen LogP contribution in [0.1, 0.15) is 18.8 Å². The Morgan fingerprint density at radius 1 is 1.20 bits per heavy atom. The normalized spacial score (nSPS) is 12.7. The van der Waals surface area contributed by atoms with Crippen molar-refractivity contribution in [1.82, 2.24) is 5.16 Å². The van der Waals surface area contributed by atoms with Gasteiger partial charge in [0.15, 0.2) is 12.1 Å². The van der Waals surface area contributed by atoms with Gasteiger partial charge < -0.3 is 14.4 Å². The van der Waals surface area contributed by atoms with Gasteiger partial charge in [0.05, 0.1) is 5.39 Å². The molecule has 0 saturated carbocycles. The molecule has 0 radical (unpaired) electrons. The molecule has 4 nitrogen and oxygen atoms in total. The van der Waals surface area contributed by atoms with E-state index < -0.39 is 6.29 Å². The van der Waals surface area contributed by atoms with Gasteiger partial charge in [0.25, 0.3) is 0 Å². The van der Waals surface area contributed by atoms with Gasteiger partial charge in [-0.05, 0) is 19.1 Å². The lowest BCUT2D eigenvalue weighted by Crippen LogP contribution is -2.02. The highest BCUT2D eigenvalue weighted by molar-refractivity contribution is 5.91. The van der Waals surface area contributed by atoms with Crippen molar-refractivity contribution >= 4 is 10.9 Å². The third-order valence-corrected chi connectivity index (χ3v) is 3.15. The summed E-state index contributed by atoms with van der Waals surface area (Å²) in [7, 11) is 0. The molecule has 1 N–H and O–H groups in total. The van der Waals surface area contributed by atoms with Crippen molar-refractivity contribution < 1.29 is 14.4 Å². The zero-order chi connectivity index (χ0) is 13.9. The first-order valence-electron chi connectivity index (χ1n) is 6.54. The maximum absolute atomic E-state index is 9.91. The Balaban J connectivity index is 2.08. The summed E-state index contributed by atoms with van der Waals surface area (Å²) >= 11 is 0. The van der Waals surface area contributed by atoms with Gasteiger partial charge in [-0.1, -0.05) is 41.6 Å². The lowest BCUT2D eigenvalue weighted by molar-refractivity contribution is -0.0978. The van der Waals surface area contributed by atoms with Crippen LogP contribution in [-0.2, 0) is 4.74 Å². The van der Waals surface area contributed by atoms with Crippen LogP contribution in [-0.4, -0.2) is 16.9 Å². The molecule has 102 valence electrons. The minimum atomic E-state index is -0.928. The standard InChI is InChI=1S/C16H15NO3/c1-2-19-16(18)12-8-9-14-13(10-12)15(20-17-14)11-6-4-3-5-7-11/h3-10,16,18H,2H2,1H3. The SMILES string of the molecule is CCOC(O)c1ccc2noc(-c3ccccc3)c2c1. The number of ether oxygens (including phenoxy) is 1. The first kappa shape index (κ1) is 12.8. The van der Waals surface area contributed by atoms with Crippen molar-refractivity contribution in [1.29, 1.82) is 0 Å². The molecule has 0 saturated heterocycles. The average Bonchev–Trinajstić information content (AvgIpc) is 2.91. The fraction of sp³-hybridized carbons (Fsp3) is 0.188. The molecule has 3 rings (SSSR count). The van der Waals surface area contributed by atoms with E-state index in [1.807, 2.05) is 49.4 Å². The van der Waals surface area contributed by atoms with Gasteiger partial charge in [0.2, 0.25) is 0 Å². The molecule has 3 aromatic rings. The molecule has 1 heterocycles. The third-order valence-electron chi connectivity index (χ3n) is 3.15. The molecule has 20 heavy (non-hydrogen) atoms. The van der Waals surface area contributed by atoms with Crippen LogP contribution in [0.3, 0.4) is 0 Å². The van der Waals surface area contributed by atoms with E-state index in [0.29, 0.717) is 17.9 Å². The van der Waals surface area contributed by atoms with Gasteiger partial charge >= 0.3 is 0 Å². The van der Waals surface area contributed by atoms with Crippen LogP contribution >= 0.6 is 0 Å². The van der Waals surface area contributed by atoms with Crippen molar-refractivity contribution in [3.05, 3.63) is 54.1 Å². The van der Waals surface area contributed by atoms with Crippen LogP contribution in [0.2, 0.25) is 0 Å². The molecule has 0 bridgehead atoms. The van der Waals surface area contributed by atoms with E-state index >= 15 is 0 Å². The summed E-state index contributed by atoms with van der Waals surface area (Å²) in [5.41, 5.74) is 2.41. The summed E-state index contributed by atoms with van der Waals surface area (Å²) in [4.78, 5) is 0. The van der Waals surface area contributed by atoms with Crippen molar-refractivity contribution in [3.8, 4) is 11.3 Å². The zero-order valence-electron chi connectivity index (χ0n) is 11.1. The predicted octanol–water partition coefficient (Wildman–Crippen LogP) is 3.52. The first-order chi connectivity index (χ1) is 9.79. The smallest absolute Gasteiger partial charge is 0.181 e. The molecule has 1 unspecified atom stereocenters. The molecule has 0 aliphatic heterocycles. The first-order valence-corrected chi connectivity index (χ1v) is 6.54. The molecule has 1 aromatic heterocycles. The molecule has 0 aliphatic carbocycles. The Morgan fingerprint density at radius 2 is 2.00 bits per heavy atom. The second-order valence-corrected chi connectivity index (χ2v) is 4.46. The van der Waals surface area contributed by atoms with Crippen molar-refractivity contribution in [3.63, 3.8) is 0 Å². The molecular formula is C16H15NO3. The molecule has 1 atom stereocenters. The lowest BCUT2D eigenvalue weighted by atomic mass is 10.1. The van der Waals surface area contributed by atoms with Crippen molar-refractivity contribution in [2.24, 2.45) is 0 Å². The largest absolute Gasteiger partial charge is 0.364 e. The van der Waals surface area contributed by atoms with Crippen LogP contribution in [0.5, 0.6) is 0 Å². The third kappa shape index (κ3) is 2.31. The Bertz CT molecular complexity index is 706. The summed E-state index contributed by atoms with van der Waals surface area (Å²) in [6, 6.07) is 15.2. The fourth-order valence-electron chi connectivity index (χ4n) is 2.16. The highest BCUT2D eigenvalue weighted by Gasteiger charge is 2.14. The minimum Gasteiger partial charge on any atom is -0.364 e. The highest BCUT2D eigenvalue weighted by Crippen LogP contribution is 2.30. The second kappa shape index (κ2) is 5.45. The van der Waals surface area contributed by atoms with E-state index in [1.165, 1.54) is 0 Å². The number of hydrogen-bond donors (Lipinski definition) is 1. The average molecular weight is 269 g/mol. The number of rotatable bonds is 4. The van der Waals surface area contributed by atoms with Crippen molar-refractivity contribution in [2.75, 3.05) is 6.61 Å². The topological polar surface area (TPSA) is 55.5 Å². The molecule has 2 aromatic carbocycles. The van der Waals surface area contributed by atoms with Gasteiger partial charge in [-0.25, -0.2) is 0 Å². The van der Waals surface area contributed by atoms with Gasteiger partial charge in [0, 0.05) is 17.7 Å². The number of nitrogens with zero attached hydrogens (tertiary/aromatic N) is 1. The van der Waals surface area contributed by atoms with Crippen LogP contribution < -0.4 is 0 Å². The van der Waals surface area contributed by atoms with Crippen LogP contribution in [0.4, 0.5) is 0 Å². The Labute approximate surface area is 116 Å². The number of benzene rings is 2. The van der Waals surface area contributed by atoms with E-state index in [-0.39, 0.29) is 0 Å². The van der Waals surface area contributed by atoms with E-state index in [4.69, 9.17) is 9.26 Å². The lowest BCUT2D eigenvalue weighted by Gasteiger charge is -2.10. The van der Waals surface area contributed by atoms with E-state index in [9.17, 15) is 5.11 Å².